The average Bonchev–Trinajstić information content (AvgIpc) is 3.44. The third kappa shape index (κ3) is 3.99. The van der Waals surface area contributed by atoms with Gasteiger partial charge in [0.2, 0.25) is 0 Å². The zero-order chi connectivity index (χ0) is 15.5. The zero-order valence-electron chi connectivity index (χ0n) is 13.0. The third-order valence-electron chi connectivity index (χ3n) is 4.23. The number of carbonyl (C=O) groups is 1. The molecule has 3 rings (SSSR count). The van der Waals surface area contributed by atoms with Gasteiger partial charge in [0.05, 0.1) is 18.2 Å². The Bertz CT molecular complexity index is 530. The molecule has 1 aliphatic carbocycles. The number of hydrogen-bond acceptors (Lipinski definition) is 4. The summed E-state index contributed by atoms with van der Waals surface area (Å²) in [5, 5.41) is 11.8. The zero-order valence-corrected chi connectivity index (χ0v) is 13.0. The molecular formula is C17H24N2O3. The van der Waals surface area contributed by atoms with Crippen LogP contribution in [0.5, 0.6) is 5.75 Å². The van der Waals surface area contributed by atoms with E-state index in [9.17, 15) is 4.79 Å². The van der Waals surface area contributed by atoms with E-state index in [-0.39, 0.29) is 18.6 Å². The summed E-state index contributed by atoms with van der Waals surface area (Å²) in [6.45, 7) is 4.62. The fourth-order valence-corrected chi connectivity index (χ4v) is 2.55. The smallest absolute Gasteiger partial charge is 0.255 e. The molecule has 3 atom stereocenters. The molecule has 2 N–H and O–H groups in total. The van der Waals surface area contributed by atoms with Gasteiger partial charge in [-0.05, 0) is 37.8 Å². The van der Waals surface area contributed by atoms with E-state index < -0.39 is 0 Å². The van der Waals surface area contributed by atoms with Crippen LogP contribution in [-0.4, -0.2) is 54.3 Å². The van der Waals surface area contributed by atoms with Gasteiger partial charge in [-0.3, -0.25) is 9.69 Å². The number of benzene rings is 1. The van der Waals surface area contributed by atoms with Crippen molar-refractivity contribution in [3.63, 3.8) is 0 Å². The van der Waals surface area contributed by atoms with Gasteiger partial charge in [0.15, 0.2) is 0 Å². The Hall–Kier alpha value is -1.59. The maximum Gasteiger partial charge on any atom is 0.255 e. The normalized spacial score (nSPS) is 24.6. The van der Waals surface area contributed by atoms with Crippen LogP contribution >= 0.6 is 0 Å². The second-order valence-corrected chi connectivity index (χ2v) is 6.42. The van der Waals surface area contributed by atoms with E-state index >= 15 is 0 Å². The van der Waals surface area contributed by atoms with Crippen LogP contribution in [0.25, 0.3) is 0 Å². The number of rotatable bonds is 8. The minimum atomic E-state index is -0.266. The molecular weight excluding hydrogens is 280 g/mol. The van der Waals surface area contributed by atoms with Crippen molar-refractivity contribution in [1.82, 2.24) is 10.2 Å². The number of carbonyl (C=O) groups excluding carboxylic acids is 1. The van der Waals surface area contributed by atoms with Crippen molar-refractivity contribution >= 4 is 5.91 Å². The standard InChI is InChI=1S/C17H24N2O3/c1-12(10-20)18-17(21)15-4-2-3-5-16(15)22-11-14-9-19(14)8-13-6-7-13/h2-5,12-14,20H,6-11H2,1H3,(H,18,21)/t12-,14?,19?/m0/s1. The van der Waals surface area contributed by atoms with Crippen molar-refractivity contribution in [2.45, 2.75) is 31.8 Å². The minimum absolute atomic E-state index is 0.0764. The van der Waals surface area contributed by atoms with Gasteiger partial charge in [-0.25, -0.2) is 0 Å². The largest absolute Gasteiger partial charge is 0.491 e. The van der Waals surface area contributed by atoms with E-state index in [4.69, 9.17) is 9.84 Å². The van der Waals surface area contributed by atoms with Crippen LogP contribution in [0, 0.1) is 5.92 Å². The van der Waals surface area contributed by atoms with Gasteiger partial charge in [-0.1, -0.05) is 12.1 Å². The first-order valence-electron chi connectivity index (χ1n) is 8.05. The van der Waals surface area contributed by atoms with Crippen LogP contribution in [0.15, 0.2) is 24.3 Å². The lowest BCUT2D eigenvalue weighted by atomic mass is 10.1. The summed E-state index contributed by atoms with van der Waals surface area (Å²) in [6, 6.07) is 7.50. The Labute approximate surface area is 131 Å². The molecule has 1 saturated carbocycles. The van der Waals surface area contributed by atoms with Gasteiger partial charge in [0.25, 0.3) is 5.91 Å². The van der Waals surface area contributed by atoms with Crippen molar-refractivity contribution in [3.8, 4) is 5.75 Å². The number of ether oxygens (including phenoxy) is 1. The second-order valence-electron chi connectivity index (χ2n) is 6.42. The number of nitrogens with zero attached hydrogens (tertiary/aromatic N) is 1. The lowest BCUT2D eigenvalue weighted by molar-refractivity contribution is 0.0918. The maximum atomic E-state index is 12.2. The fraction of sp³-hybridized carbons (Fsp3) is 0.588. The summed E-state index contributed by atoms with van der Waals surface area (Å²) in [7, 11) is 0. The van der Waals surface area contributed by atoms with Gasteiger partial charge < -0.3 is 15.2 Å². The van der Waals surface area contributed by atoms with Gasteiger partial charge >= 0.3 is 0 Å². The number of para-hydroxylation sites is 1. The molecule has 22 heavy (non-hydrogen) atoms. The lowest BCUT2D eigenvalue weighted by Crippen LogP contribution is -2.35. The lowest BCUT2D eigenvalue weighted by Gasteiger charge is -2.14. The predicted octanol–water partition coefficient (Wildman–Crippen LogP) is 1.27. The Morgan fingerprint density at radius 1 is 1.45 bits per heavy atom. The van der Waals surface area contributed by atoms with E-state index in [1.54, 1.807) is 13.0 Å². The molecule has 2 unspecified atom stereocenters. The van der Waals surface area contributed by atoms with Gasteiger partial charge in [0.1, 0.15) is 12.4 Å². The molecule has 5 nitrogen and oxygen atoms in total. The molecule has 0 spiro atoms. The van der Waals surface area contributed by atoms with Crippen molar-refractivity contribution in [1.29, 1.82) is 0 Å². The maximum absolute atomic E-state index is 12.2. The van der Waals surface area contributed by atoms with Gasteiger partial charge in [-0.2, -0.15) is 0 Å². The number of hydrogen-bond donors (Lipinski definition) is 2. The summed E-state index contributed by atoms with van der Waals surface area (Å²) in [5.74, 6) is 1.31. The van der Waals surface area contributed by atoms with Crippen LogP contribution < -0.4 is 10.1 Å². The molecule has 1 aliphatic heterocycles. The van der Waals surface area contributed by atoms with E-state index in [0.717, 1.165) is 12.5 Å². The van der Waals surface area contributed by atoms with Crippen LogP contribution in [0.4, 0.5) is 0 Å². The molecule has 5 heteroatoms. The van der Waals surface area contributed by atoms with E-state index in [1.807, 2.05) is 18.2 Å². The Kier molecular flexibility index (Phi) is 4.64. The first kappa shape index (κ1) is 15.3. The molecule has 0 bridgehead atoms. The second kappa shape index (κ2) is 6.67. The fourth-order valence-electron chi connectivity index (χ4n) is 2.55. The van der Waals surface area contributed by atoms with Crippen LogP contribution in [0.1, 0.15) is 30.1 Å². The molecule has 0 radical (unpaired) electrons. The molecule has 1 heterocycles. The average molecular weight is 304 g/mol. The minimum Gasteiger partial charge on any atom is -0.491 e. The first-order valence-corrected chi connectivity index (χ1v) is 8.05. The number of nitrogens with one attached hydrogen (secondary N) is 1. The van der Waals surface area contributed by atoms with Crippen LogP contribution in [0.2, 0.25) is 0 Å². The highest BCUT2D eigenvalue weighted by Gasteiger charge is 2.38. The summed E-state index contributed by atoms with van der Waals surface area (Å²) in [5.41, 5.74) is 0.525. The Morgan fingerprint density at radius 2 is 2.23 bits per heavy atom. The van der Waals surface area contributed by atoms with Crippen molar-refractivity contribution in [3.05, 3.63) is 29.8 Å². The molecule has 1 amide bonds. The Balaban J connectivity index is 1.53. The summed E-state index contributed by atoms with van der Waals surface area (Å²) in [6.07, 6.45) is 2.74. The highest BCUT2D eigenvalue weighted by Crippen LogP contribution is 2.33. The van der Waals surface area contributed by atoms with Gasteiger partial charge in [0, 0.05) is 19.1 Å². The molecule has 1 aromatic carbocycles. The van der Waals surface area contributed by atoms with Crippen LogP contribution in [-0.2, 0) is 0 Å². The van der Waals surface area contributed by atoms with Crippen LogP contribution in [0.3, 0.4) is 0 Å². The first-order chi connectivity index (χ1) is 10.7. The van der Waals surface area contributed by atoms with Crippen molar-refractivity contribution in [2.24, 2.45) is 5.92 Å². The topological polar surface area (TPSA) is 61.6 Å². The summed E-state index contributed by atoms with van der Waals surface area (Å²) < 4.78 is 5.86. The van der Waals surface area contributed by atoms with E-state index in [2.05, 4.69) is 10.2 Å². The number of aliphatic hydroxyl groups is 1. The molecule has 2 fully saturated rings. The molecule has 0 aromatic heterocycles. The monoisotopic (exact) mass is 304 g/mol. The third-order valence-corrected chi connectivity index (χ3v) is 4.23. The van der Waals surface area contributed by atoms with Crippen molar-refractivity contribution in [2.75, 3.05) is 26.3 Å². The number of aliphatic hydroxyl groups excluding tert-OH is 1. The summed E-state index contributed by atoms with van der Waals surface area (Å²) >= 11 is 0. The molecule has 1 aromatic rings. The Morgan fingerprint density at radius 3 is 2.95 bits per heavy atom. The predicted molar refractivity (Wildman–Crippen MR) is 84.0 cm³/mol. The van der Waals surface area contributed by atoms with E-state index in [0.29, 0.717) is 24.0 Å². The summed E-state index contributed by atoms with van der Waals surface area (Å²) in [4.78, 5) is 14.6. The molecule has 120 valence electrons. The van der Waals surface area contributed by atoms with Crippen molar-refractivity contribution < 1.29 is 14.6 Å². The highest BCUT2D eigenvalue weighted by atomic mass is 16.5. The molecule has 2 aliphatic rings. The quantitative estimate of drug-likeness (QED) is 0.710. The van der Waals surface area contributed by atoms with E-state index in [1.165, 1.54) is 19.4 Å². The highest BCUT2D eigenvalue weighted by molar-refractivity contribution is 5.97. The molecule has 1 saturated heterocycles. The SMILES string of the molecule is C[C@@H](CO)NC(=O)c1ccccc1OCC1CN1CC1CC1. The van der Waals surface area contributed by atoms with Gasteiger partial charge in [-0.15, -0.1) is 0 Å². The number of amides is 1.